The Balaban J connectivity index is 2.34. The number of aromatic nitrogens is 3. The van der Waals surface area contributed by atoms with Crippen LogP contribution in [-0.4, -0.2) is 14.5 Å². The van der Waals surface area contributed by atoms with Gasteiger partial charge in [0.15, 0.2) is 5.65 Å². The zero-order chi connectivity index (χ0) is 14.3. The van der Waals surface area contributed by atoms with Gasteiger partial charge < -0.3 is 0 Å². The van der Waals surface area contributed by atoms with Crippen molar-refractivity contribution >= 4 is 38.7 Å². The van der Waals surface area contributed by atoms with E-state index in [1.54, 1.807) is 12.3 Å². The molecule has 0 saturated heterocycles. The summed E-state index contributed by atoms with van der Waals surface area (Å²) in [6, 6.07) is 5.10. The first-order chi connectivity index (χ1) is 9.60. The molecular weight excluding hydrogens is 352 g/mol. The minimum absolute atomic E-state index is 0.0881. The van der Waals surface area contributed by atoms with E-state index in [1.165, 1.54) is 16.7 Å². The summed E-state index contributed by atoms with van der Waals surface area (Å²) in [4.78, 5) is 8.53. The number of hydrogen-bond donors (Lipinski definition) is 0. The van der Waals surface area contributed by atoms with E-state index in [2.05, 4.69) is 25.9 Å². The third-order valence-corrected chi connectivity index (χ3v) is 3.48. The fourth-order valence-corrected chi connectivity index (χ4v) is 2.49. The van der Waals surface area contributed by atoms with Gasteiger partial charge in [0, 0.05) is 16.7 Å². The molecule has 2 heterocycles. The fourth-order valence-electron chi connectivity index (χ4n) is 1.99. The Hall–Kier alpha value is -1.53. The van der Waals surface area contributed by atoms with Crippen molar-refractivity contribution in [3.05, 3.63) is 52.4 Å². The lowest BCUT2D eigenvalue weighted by Crippen LogP contribution is -2.03. The highest BCUT2D eigenvalue weighted by atomic mass is 79.9. The molecule has 102 valence electrons. The Morgan fingerprint density at radius 3 is 2.75 bits per heavy atom. The Kier molecular flexibility index (Phi) is 3.43. The summed E-state index contributed by atoms with van der Waals surface area (Å²) < 4.78 is 29.2. The average Bonchev–Trinajstić information content (AvgIpc) is 2.76. The molecule has 0 radical (unpaired) electrons. The number of benzene rings is 1. The Bertz CT molecular complexity index is 804. The van der Waals surface area contributed by atoms with E-state index >= 15 is 0 Å². The molecule has 2 aromatic heterocycles. The zero-order valence-corrected chi connectivity index (χ0v) is 12.3. The minimum Gasteiger partial charge on any atom is -0.277 e. The molecule has 3 aromatic rings. The van der Waals surface area contributed by atoms with Gasteiger partial charge in [0.05, 0.1) is 11.6 Å². The van der Waals surface area contributed by atoms with Crippen molar-refractivity contribution in [2.75, 3.05) is 0 Å². The Morgan fingerprint density at radius 1 is 1.25 bits per heavy atom. The summed E-state index contributed by atoms with van der Waals surface area (Å²) in [5, 5.41) is 0. The van der Waals surface area contributed by atoms with E-state index in [9.17, 15) is 8.78 Å². The first-order valence-corrected chi connectivity index (χ1v) is 6.97. The average molecular weight is 359 g/mol. The largest absolute Gasteiger partial charge is 0.277 e. The van der Waals surface area contributed by atoms with Crippen LogP contribution in [0.5, 0.6) is 0 Å². The summed E-state index contributed by atoms with van der Waals surface area (Å²) in [6.45, 7) is 0. The van der Waals surface area contributed by atoms with Crippen LogP contribution in [0.3, 0.4) is 0 Å². The normalized spacial score (nSPS) is 11.2. The third kappa shape index (κ3) is 2.19. The van der Waals surface area contributed by atoms with E-state index in [0.29, 0.717) is 17.0 Å². The Labute approximate surface area is 126 Å². The standard InChI is InChI=1S/C13H7BrClF2N3/c14-7-3-10-13(18-6-7)20(12(5-15)19-10)11-2-1-8(16)4-9(11)17/h1-4,6H,5H2. The molecule has 0 spiro atoms. The molecule has 3 rings (SSSR count). The molecule has 1 aromatic carbocycles. The predicted molar refractivity (Wildman–Crippen MR) is 76.0 cm³/mol. The zero-order valence-electron chi connectivity index (χ0n) is 9.95. The number of nitrogens with zero attached hydrogens (tertiary/aromatic N) is 3. The van der Waals surface area contributed by atoms with Gasteiger partial charge in [0.2, 0.25) is 0 Å². The molecule has 7 heteroatoms. The van der Waals surface area contributed by atoms with E-state index in [-0.39, 0.29) is 11.6 Å². The van der Waals surface area contributed by atoms with E-state index in [0.717, 1.165) is 10.5 Å². The summed E-state index contributed by atoms with van der Waals surface area (Å²) in [5.41, 5.74) is 1.22. The molecule has 0 bridgehead atoms. The quantitative estimate of drug-likeness (QED) is 0.643. The van der Waals surface area contributed by atoms with Crippen molar-refractivity contribution in [1.82, 2.24) is 14.5 Å². The first kappa shape index (κ1) is 13.5. The molecule has 0 aliphatic carbocycles. The van der Waals surface area contributed by atoms with Crippen LogP contribution >= 0.6 is 27.5 Å². The topological polar surface area (TPSA) is 30.7 Å². The van der Waals surface area contributed by atoms with E-state index < -0.39 is 11.6 Å². The van der Waals surface area contributed by atoms with E-state index in [4.69, 9.17) is 11.6 Å². The van der Waals surface area contributed by atoms with Gasteiger partial charge in [0.1, 0.15) is 23.0 Å². The second kappa shape index (κ2) is 5.10. The van der Waals surface area contributed by atoms with Gasteiger partial charge in [-0.2, -0.15) is 0 Å². The molecule has 0 atom stereocenters. The van der Waals surface area contributed by atoms with Crippen LogP contribution < -0.4 is 0 Å². The molecule has 0 N–H and O–H groups in total. The molecule has 0 unspecified atom stereocenters. The van der Waals surface area contributed by atoms with Gasteiger partial charge in [-0.1, -0.05) is 0 Å². The van der Waals surface area contributed by atoms with Gasteiger partial charge in [0.25, 0.3) is 0 Å². The van der Waals surface area contributed by atoms with Crippen molar-refractivity contribution in [3.8, 4) is 5.69 Å². The van der Waals surface area contributed by atoms with Crippen LogP contribution in [0.15, 0.2) is 34.9 Å². The van der Waals surface area contributed by atoms with Gasteiger partial charge in [-0.05, 0) is 34.1 Å². The van der Waals surface area contributed by atoms with Gasteiger partial charge in [-0.3, -0.25) is 4.57 Å². The maximum absolute atomic E-state index is 14.0. The van der Waals surface area contributed by atoms with Crippen molar-refractivity contribution < 1.29 is 8.78 Å². The van der Waals surface area contributed by atoms with Crippen molar-refractivity contribution in [1.29, 1.82) is 0 Å². The van der Waals surface area contributed by atoms with Gasteiger partial charge in [-0.15, -0.1) is 11.6 Å². The predicted octanol–water partition coefficient (Wildman–Crippen LogP) is 4.20. The second-order valence-electron chi connectivity index (χ2n) is 4.09. The number of hydrogen-bond acceptors (Lipinski definition) is 2. The summed E-state index contributed by atoms with van der Waals surface area (Å²) in [5.74, 6) is -0.804. The number of halogens is 4. The number of pyridine rings is 1. The number of fused-ring (bicyclic) bond motifs is 1. The summed E-state index contributed by atoms with van der Waals surface area (Å²) in [7, 11) is 0. The maximum Gasteiger partial charge on any atom is 0.164 e. The van der Waals surface area contributed by atoms with Crippen LogP contribution in [-0.2, 0) is 5.88 Å². The van der Waals surface area contributed by atoms with Crippen LogP contribution in [0.25, 0.3) is 16.9 Å². The number of rotatable bonds is 2. The van der Waals surface area contributed by atoms with Gasteiger partial charge in [-0.25, -0.2) is 18.7 Å². The third-order valence-electron chi connectivity index (χ3n) is 2.80. The molecular formula is C13H7BrClF2N3. The van der Waals surface area contributed by atoms with Crippen LogP contribution in [0, 0.1) is 11.6 Å². The lowest BCUT2D eigenvalue weighted by molar-refractivity contribution is 0.577. The minimum atomic E-state index is -0.694. The molecule has 0 amide bonds. The molecule has 3 nitrogen and oxygen atoms in total. The van der Waals surface area contributed by atoms with Crippen molar-refractivity contribution in [3.63, 3.8) is 0 Å². The highest BCUT2D eigenvalue weighted by molar-refractivity contribution is 9.10. The van der Waals surface area contributed by atoms with Gasteiger partial charge >= 0.3 is 0 Å². The molecule has 20 heavy (non-hydrogen) atoms. The van der Waals surface area contributed by atoms with Crippen LogP contribution in [0.1, 0.15) is 5.82 Å². The molecule has 0 aliphatic rings. The SMILES string of the molecule is Fc1ccc(-n2c(CCl)nc3cc(Br)cnc32)c(F)c1. The lowest BCUT2D eigenvalue weighted by Gasteiger charge is -2.08. The number of alkyl halides is 1. The highest BCUT2D eigenvalue weighted by Crippen LogP contribution is 2.25. The molecule has 0 fully saturated rings. The lowest BCUT2D eigenvalue weighted by atomic mass is 10.3. The monoisotopic (exact) mass is 357 g/mol. The van der Waals surface area contributed by atoms with E-state index in [1.807, 2.05) is 0 Å². The first-order valence-electron chi connectivity index (χ1n) is 5.64. The van der Waals surface area contributed by atoms with Crippen LogP contribution in [0.2, 0.25) is 0 Å². The summed E-state index contributed by atoms with van der Waals surface area (Å²) in [6.07, 6.45) is 1.58. The molecule has 0 aliphatic heterocycles. The number of imidazole rings is 1. The van der Waals surface area contributed by atoms with Crippen molar-refractivity contribution in [2.24, 2.45) is 0 Å². The Morgan fingerprint density at radius 2 is 2.05 bits per heavy atom. The maximum atomic E-state index is 14.0. The van der Waals surface area contributed by atoms with Crippen LogP contribution in [0.4, 0.5) is 8.78 Å². The smallest absolute Gasteiger partial charge is 0.164 e. The second-order valence-corrected chi connectivity index (χ2v) is 5.27. The fraction of sp³-hybridized carbons (Fsp3) is 0.0769. The molecule has 0 saturated carbocycles. The highest BCUT2D eigenvalue weighted by Gasteiger charge is 2.16. The van der Waals surface area contributed by atoms with Crippen molar-refractivity contribution in [2.45, 2.75) is 5.88 Å². The summed E-state index contributed by atoms with van der Waals surface area (Å²) >= 11 is 9.16.